The average Bonchev–Trinajstić information content (AvgIpc) is 3.06. The average molecular weight is 367 g/mol. The fraction of sp³-hybridized carbons (Fsp3) is 0.0800. The molecule has 0 aliphatic carbocycles. The van der Waals surface area contributed by atoms with E-state index in [1.807, 2.05) is 97.9 Å². The number of hydrogen-bond donors (Lipinski definition) is 0. The minimum Gasteiger partial charge on any atom is -0.497 e. The Balaban J connectivity index is 1.78. The number of nitrogens with zero attached hydrogens (tertiary/aromatic N) is 1. The number of aryl methyl sites for hydroxylation is 1. The Kier molecular flexibility index (Phi) is 4.81. The number of hydrogen-bond acceptors (Lipinski definition) is 2. The number of methoxy groups -OCH3 is 1. The fourth-order valence-electron chi connectivity index (χ4n) is 3.27. The molecule has 3 aromatic rings. The van der Waals surface area contributed by atoms with Gasteiger partial charge in [-0.3, -0.25) is 9.69 Å². The van der Waals surface area contributed by atoms with E-state index >= 15 is 0 Å². The molecular weight excluding hydrogens is 346 g/mol. The highest BCUT2D eigenvalue weighted by Gasteiger charge is 2.30. The van der Waals surface area contributed by atoms with E-state index in [9.17, 15) is 4.79 Å². The van der Waals surface area contributed by atoms with Crippen LogP contribution in [0.3, 0.4) is 0 Å². The number of anilines is 1. The Morgan fingerprint density at radius 2 is 1.54 bits per heavy atom. The van der Waals surface area contributed by atoms with Crippen molar-refractivity contribution in [1.29, 1.82) is 0 Å². The summed E-state index contributed by atoms with van der Waals surface area (Å²) >= 11 is 0. The Bertz CT molecular complexity index is 1050. The molecule has 3 heteroatoms. The van der Waals surface area contributed by atoms with Gasteiger partial charge in [-0.2, -0.15) is 0 Å². The van der Waals surface area contributed by atoms with Crippen LogP contribution in [0, 0.1) is 6.92 Å². The van der Waals surface area contributed by atoms with Crippen LogP contribution in [0.5, 0.6) is 5.75 Å². The molecule has 0 fully saturated rings. The van der Waals surface area contributed by atoms with Crippen LogP contribution in [0.25, 0.3) is 11.8 Å². The van der Waals surface area contributed by atoms with E-state index in [4.69, 9.17) is 4.74 Å². The first-order valence-electron chi connectivity index (χ1n) is 9.20. The van der Waals surface area contributed by atoms with Gasteiger partial charge in [0.05, 0.1) is 12.8 Å². The Morgan fingerprint density at radius 1 is 0.857 bits per heavy atom. The van der Waals surface area contributed by atoms with Gasteiger partial charge in [-0.05, 0) is 54.5 Å². The Morgan fingerprint density at radius 3 is 2.18 bits per heavy atom. The molecule has 4 rings (SSSR count). The second-order valence-corrected chi connectivity index (χ2v) is 6.74. The van der Waals surface area contributed by atoms with Gasteiger partial charge >= 0.3 is 0 Å². The molecule has 3 aromatic carbocycles. The van der Waals surface area contributed by atoms with Crippen LogP contribution < -0.4 is 9.64 Å². The van der Waals surface area contributed by atoms with Gasteiger partial charge < -0.3 is 4.74 Å². The fourth-order valence-corrected chi connectivity index (χ4v) is 3.27. The molecule has 3 nitrogen and oxygen atoms in total. The van der Waals surface area contributed by atoms with Crippen molar-refractivity contribution in [2.75, 3.05) is 12.0 Å². The van der Waals surface area contributed by atoms with Gasteiger partial charge in [-0.25, -0.2) is 0 Å². The summed E-state index contributed by atoms with van der Waals surface area (Å²) in [7, 11) is 1.64. The molecule has 0 radical (unpaired) electrons. The van der Waals surface area contributed by atoms with Crippen molar-refractivity contribution < 1.29 is 9.53 Å². The molecule has 1 heterocycles. The lowest BCUT2D eigenvalue weighted by molar-refractivity contribution is -0.113. The molecule has 0 spiro atoms. The minimum atomic E-state index is -0.0291. The zero-order chi connectivity index (χ0) is 19.5. The van der Waals surface area contributed by atoms with Gasteiger partial charge in [0.1, 0.15) is 5.75 Å². The summed E-state index contributed by atoms with van der Waals surface area (Å²) in [6.07, 6.45) is 3.88. The summed E-state index contributed by atoms with van der Waals surface area (Å²) in [6.45, 7) is 2.04. The van der Waals surface area contributed by atoms with Gasteiger partial charge in [0.15, 0.2) is 0 Å². The number of carbonyl (C=O) groups is 1. The second kappa shape index (κ2) is 7.57. The number of amides is 1. The lowest BCUT2D eigenvalue weighted by atomic mass is 10.1. The van der Waals surface area contributed by atoms with Gasteiger partial charge in [0.2, 0.25) is 0 Å². The van der Waals surface area contributed by atoms with E-state index in [0.717, 1.165) is 33.8 Å². The van der Waals surface area contributed by atoms with Crippen molar-refractivity contribution in [3.05, 3.63) is 107 Å². The molecule has 1 aliphatic rings. The van der Waals surface area contributed by atoms with Crippen LogP contribution in [0.2, 0.25) is 0 Å². The first kappa shape index (κ1) is 17.8. The lowest BCUT2D eigenvalue weighted by Crippen LogP contribution is -2.24. The minimum absolute atomic E-state index is 0.0291. The maximum Gasteiger partial charge on any atom is 0.262 e. The largest absolute Gasteiger partial charge is 0.497 e. The molecule has 0 atom stereocenters. The standard InChI is InChI=1S/C25H21NO2/c1-18-8-12-22(13-9-18)26-24(20-6-4-3-5-7-20)17-21(25(26)27)16-19-10-14-23(28-2)15-11-19/h3-17H,1-2H3/b21-16+. The Labute approximate surface area is 165 Å². The van der Waals surface area contributed by atoms with Gasteiger partial charge in [0, 0.05) is 11.3 Å². The Hall–Kier alpha value is -3.59. The molecule has 0 unspecified atom stereocenters. The molecule has 1 aliphatic heterocycles. The summed E-state index contributed by atoms with van der Waals surface area (Å²) in [5, 5.41) is 0. The predicted molar refractivity (Wildman–Crippen MR) is 114 cm³/mol. The number of rotatable bonds is 4. The van der Waals surface area contributed by atoms with Crippen molar-refractivity contribution in [2.24, 2.45) is 0 Å². The normalized spacial score (nSPS) is 15.1. The molecule has 0 saturated carbocycles. The molecule has 28 heavy (non-hydrogen) atoms. The quantitative estimate of drug-likeness (QED) is 0.572. The molecular formula is C25H21NO2. The van der Waals surface area contributed by atoms with Crippen molar-refractivity contribution in [1.82, 2.24) is 0 Å². The van der Waals surface area contributed by atoms with E-state index in [1.54, 1.807) is 12.0 Å². The molecule has 0 N–H and O–H groups in total. The van der Waals surface area contributed by atoms with E-state index in [2.05, 4.69) is 0 Å². The van der Waals surface area contributed by atoms with Crippen LogP contribution in [0.4, 0.5) is 5.69 Å². The summed E-state index contributed by atoms with van der Waals surface area (Å²) < 4.78 is 5.21. The molecule has 138 valence electrons. The summed E-state index contributed by atoms with van der Waals surface area (Å²) in [4.78, 5) is 15.1. The summed E-state index contributed by atoms with van der Waals surface area (Å²) in [6, 6.07) is 25.7. The second-order valence-electron chi connectivity index (χ2n) is 6.74. The van der Waals surface area contributed by atoms with Gasteiger partial charge in [0.25, 0.3) is 5.91 Å². The first-order valence-corrected chi connectivity index (χ1v) is 9.20. The van der Waals surface area contributed by atoms with Crippen molar-refractivity contribution in [3.63, 3.8) is 0 Å². The third-order valence-corrected chi connectivity index (χ3v) is 4.78. The first-order chi connectivity index (χ1) is 13.7. The van der Waals surface area contributed by atoms with Crippen LogP contribution in [0.1, 0.15) is 16.7 Å². The van der Waals surface area contributed by atoms with Crippen LogP contribution >= 0.6 is 0 Å². The summed E-state index contributed by atoms with van der Waals surface area (Å²) in [5.74, 6) is 0.764. The van der Waals surface area contributed by atoms with Gasteiger partial charge in [-0.15, -0.1) is 0 Å². The summed E-state index contributed by atoms with van der Waals surface area (Å²) in [5.41, 5.74) is 5.53. The highest BCUT2D eigenvalue weighted by atomic mass is 16.5. The maximum atomic E-state index is 13.3. The van der Waals surface area contributed by atoms with Crippen LogP contribution in [0.15, 0.2) is 90.5 Å². The highest BCUT2D eigenvalue weighted by Crippen LogP contribution is 2.35. The molecule has 1 amide bonds. The van der Waals surface area contributed by atoms with E-state index in [-0.39, 0.29) is 5.91 Å². The predicted octanol–water partition coefficient (Wildman–Crippen LogP) is 5.47. The molecule has 0 saturated heterocycles. The number of carbonyl (C=O) groups excluding carboxylic acids is 1. The van der Waals surface area contributed by atoms with Crippen molar-refractivity contribution >= 4 is 23.4 Å². The molecule has 0 bridgehead atoms. The van der Waals surface area contributed by atoms with Crippen molar-refractivity contribution in [3.8, 4) is 5.75 Å². The zero-order valence-corrected chi connectivity index (χ0v) is 15.9. The molecule has 0 aromatic heterocycles. The maximum absolute atomic E-state index is 13.3. The number of benzene rings is 3. The smallest absolute Gasteiger partial charge is 0.262 e. The third-order valence-electron chi connectivity index (χ3n) is 4.78. The van der Waals surface area contributed by atoms with Crippen LogP contribution in [-0.2, 0) is 4.79 Å². The third kappa shape index (κ3) is 3.47. The number of ether oxygens (including phenoxy) is 1. The van der Waals surface area contributed by atoms with Gasteiger partial charge in [-0.1, -0.05) is 60.2 Å². The highest BCUT2D eigenvalue weighted by molar-refractivity contribution is 6.23. The van der Waals surface area contributed by atoms with Crippen molar-refractivity contribution in [2.45, 2.75) is 6.92 Å². The van der Waals surface area contributed by atoms with Crippen LogP contribution in [-0.4, -0.2) is 13.0 Å². The lowest BCUT2D eigenvalue weighted by Gasteiger charge is -2.21. The van der Waals surface area contributed by atoms with E-state index < -0.39 is 0 Å². The topological polar surface area (TPSA) is 29.5 Å². The SMILES string of the molecule is COc1ccc(/C=C2\C=C(c3ccccc3)N(c3ccc(C)cc3)C2=O)cc1. The zero-order valence-electron chi connectivity index (χ0n) is 15.9. The monoisotopic (exact) mass is 367 g/mol. The van der Waals surface area contributed by atoms with E-state index in [1.165, 1.54) is 0 Å². The van der Waals surface area contributed by atoms with E-state index in [0.29, 0.717) is 5.57 Å².